The van der Waals surface area contributed by atoms with E-state index in [-0.39, 0.29) is 0 Å². The molecule has 1 rings (SSSR count). The highest BCUT2D eigenvalue weighted by atomic mass is 16.3. The van der Waals surface area contributed by atoms with E-state index in [2.05, 4.69) is 6.07 Å². The van der Waals surface area contributed by atoms with E-state index in [1.807, 2.05) is 13.0 Å². The number of nitrogens with two attached hydrogens (primary N) is 1. The molecule has 0 aliphatic carbocycles. The molecule has 74 valence electrons. The highest BCUT2D eigenvalue weighted by molar-refractivity contribution is 5.38. The van der Waals surface area contributed by atoms with E-state index in [9.17, 15) is 5.11 Å². The summed E-state index contributed by atoms with van der Waals surface area (Å²) in [7, 11) is 0. The van der Waals surface area contributed by atoms with Crippen molar-refractivity contribution in [2.75, 3.05) is 0 Å². The molecule has 0 spiro atoms. The zero-order valence-electron chi connectivity index (χ0n) is 8.36. The molecule has 0 saturated heterocycles. The summed E-state index contributed by atoms with van der Waals surface area (Å²) in [5.74, 6) is 0. The quantitative estimate of drug-likeness (QED) is 0.737. The van der Waals surface area contributed by atoms with Gasteiger partial charge in [0, 0.05) is 0 Å². The zero-order valence-corrected chi connectivity index (χ0v) is 8.36. The minimum atomic E-state index is -0.608. The summed E-state index contributed by atoms with van der Waals surface area (Å²) < 4.78 is 0. The molecule has 0 heterocycles. The number of benzene rings is 1. The molecule has 1 aromatic carbocycles. The summed E-state index contributed by atoms with van der Waals surface area (Å²) in [5.41, 5.74) is 8.13. The van der Waals surface area contributed by atoms with Gasteiger partial charge in [0.15, 0.2) is 0 Å². The maximum Gasteiger partial charge on any atom is 0.0991 e. The SMILES string of the molecule is Cc1cc(C#N)cc([C@@H](N)[C@H](C)O)c1. The molecular weight excluding hydrogens is 176 g/mol. The van der Waals surface area contributed by atoms with Gasteiger partial charge in [-0.1, -0.05) is 6.07 Å². The van der Waals surface area contributed by atoms with Gasteiger partial charge in [0.1, 0.15) is 0 Å². The Kier molecular flexibility index (Phi) is 3.23. The van der Waals surface area contributed by atoms with Crippen LogP contribution in [-0.2, 0) is 0 Å². The van der Waals surface area contributed by atoms with Crippen molar-refractivity contribution >= 4 is 0 Å². The van der Waals surface area contributed by atoms with E-state index >= 15 is 0 Å². The lowest BCUT2D eigenvalue weighted by molar-refractivity contribution is 0.164. The Balaban J connectivity index is 3.10. The molecule has 14 heavy (non-hydrogen) atoms. The van der Waals surface area contributed by atoms with E-state index in [1.165, 1.54) is 0 Å². The number of aliphatic hydroxyl groups is 1. The van der Waals surface area contributed by atoms with Crippen LogP contribution in [0.4, 0.5) is 0 Å². The van der Waals surface area contributed by atoms with Gasteiger partial charge in [0.05, 0.1) is 23.8 Å². The lowest BCUT2D eigenvalue weighted by atomic mass is 9.99. The van der Waals surface area contributed by atoms with Gasteiger partial charge in [-0.2, -0.15) is 5.26 Å². The van der Waals surface area contributed by atoms with Crippen molar-refractivity contribution in [1.82, 2.24) is 0 Å². The molecule has 0 aliphatic rings. The third kappa shape index (κ3) is 2.32. The number of hydrogen-bond donors (Lipinski definition) is 2. The second-order valence-electron chi connectivity index (χ2n) is 3.51. The van der Waals surface area contributed by atoms with Crippen molar-refractivity contribution in [1.29, 1.82) is 5.26 Å². The summed E-state index contributed by atoms with van der Waals surface area (Å²) in [4.78, 5) is 0. The van der Waals surface area contributed by atoms with Gasteiger partial charge >= 0.3 is 0 Å². The van der Waals surface area contributed by atoms with Crippen LogP contribution in [0.15, 0.2) is 18.2 Å². The molecule has 0 aromatic heterocycles. The van der Waals surface area contributed by atoms with Crippen LogP contribution in [0.5, 0.6) is 0 Å². The monoisotopic (exact) mass is 190 g/mol. The van der Waals surface area contributed by atoms with Gasteiger partial charge < -0.3 is 10.8 Å². The minimum absolute atomic E-state index is 0.429. The van der Waals surface area contributed by atoms with Crippen LogP contribution < -0.4 is 5.73 Å². The van der Waals surface area contributed by atoms with Crippen molar-refractivity contribution < 1.29 is 5.11 Å². The number of aliphatic hydroxyl groups excluding tert-OH is 1. The Morgan fingerprint density at radius 2 is 2.07 bits per heavy atom. The van der Waals surface area contributed by atoms with Crippen LogP contribution in [0, 0.1) is 18.3 Å². The van der Waals surface area contributed by atoms with Crippen molar-refractivity contribution in [2.24, 2.45) is 5.73 Å². The second kappa shape index (κ2) is 4.23. The topological polar surface area (TPSA) is 70.0 Å². The number of nitriles is 1. The molecule has 0 unspecified atom stereocenters. The normalized spacial score (nSPS) is 14.5. The Morgan fingerprint density at radius 1 is 1.43 bits per heavy atom. The number of rotatable bonds is 2. The Bertz CT molecular complexity index is 366. The molecule has 0 bridgehead atoms. The molecule has 0 saturated carbocycles. The molecule has 0 aliphatic heterocycles. The fourth-order valence-corrected chi connectivity index (χ4v) is 1.35. The van der Waals surface area contributed by atoms with E-state index < -0.39 is 12.1 Å². The number of aryl methyl sites for hydroxylation is 1. The maximum atomic E-state index is 9.32. The smallest absolute Gasteiger partial charge is 0.0991 e. The largest absolute Gasteiger partial charge is 0.391 e. The van der Waals surface area contributed by atoms with E-state index in [4.69, 9.17) is 11.0 Å². The van der Waals surface area contributed by atoms with Gasteiger partial charge in [-0.25, -0.2) is 0 Å². The Hall–Kier alpha value is -1.37. The molecule has 3 nitrogen and oxygen atoms in total. The van der Waals surface area contributed by atoms with Gasteiger partial charge in [0.2, 0.25) is 0 Å². The third-order valence-electron chi connectivity index (χ3n) is 2.13. The number of nitrogens with zero attached hydrogens (tertiary/aromatic N) is 1. The van der Waals surface area contributed by atoms with E-state index in [0.717, 1.165) is 11.1 Å². The summed E-state index contributed by atoms with van der Waals surface area (Å²) >= 11 is 0. The molecule has 0 fully saturated rings. The van der Waals surface area contributed by atoms with Crippen LogP contribution in [-0.4, -0.2) is 11.2 Å². The second-order valence-corrected chi connectivity index (χ2v) is 3.51. The average molecular weight is 190 g/mol. The first kappa shape index (κ1) is 10.7. The molecule has 1 aromatic rings. The first-order valence-corrected chi connectivity index (χ1v) is 4.50. The van der Waals surface area contributed by atoms with Crippen LogP contribution in [0.1, 0.15) is 29.7 Å². The summed E-state index contributed by atoms with van der Waals surface area (Å²) in [5, 5.41) is 18.1. The highest BCUT2D eigenvalue weighted by Crippen LogP contribution is 2.17. The molecule has 3 N–H and O–H groups in total. The highest BCUT2D eigenvalue weighted by Gasteiger charge is 2.12. The van der Waals surface area contributed by atoms with Crippen molar-refractivity contribution in [2.45, 2.75) is 26.0 Å². The standard InChI is InChI=1S/C11H14N2O/c1-7-3-9(6-12)5-10(4-7)11(13)8(2)14/h3-5,8,11,14H,13H2,1-2H3/t8-,11-/m0/s1. The van der Waals surface area contributed by atoms with Crippen molar-refractivity contribution in [3.05, 3.63) is 34.9 Å². The van der Waals surface area contributed by atoms with Crippen LogP contribution in [0.25, 0.3) is 0 Å². The predicted molar refractivity (Wildman–Crippen MR) is 54.5 cm³/mol. The third-order valence-corrected chi connectivity index (χ3v) is 2.13. The van der Waals surface area contributed by atoms with Gasteiger partial charge in [-0.05, 0) is 37.1 Å². The Labute approximate surface area is 83.8 Å². The molecule has 2 atom stereocenters. The molecule has 0 amide bonds. The lowest BCUT2D eigenvalue weighted by Crippen LogP contribution is -2.23. The van der Waals surface area contributed by atoms with Gasteiger partial charge in [0.25, 0.3) is 0 Å². The first-order valence-electron chi connectivity index (χ1n) is 4.50. The lowest BCUT2D eigenvalue weighted by Gasteiger charge is -2.15. The zero-order chi connectivity index (χ0) is 10.7. The van der Waals surface area contributed by atoms with Gasteiger partial charge in [-0.15, -0.1) is 0 Å². The van der Waals surface area contributed by atoms with Crippen LogP contribution in [0.3, 0.4) is 0 Å². The molecule has 0 radical (unpaired) electrons. The minimum Gasteiger partial charge on any atom is -0.391 e. The summed E-state index contributed by atoms with van der Waals surface area (Å²) in [6.07, 6.45) is -0.608. The maximum absolute atomic E-state index is 9.32. The summed E-state index contributed by atoms with van der Waals surface area (Å²) in [6, 6.07) is 7.03. The average Bonchev–Trinajstić information content (AvgIpc) is 2.15. The van der Waals surface area contributed by atoms with Crippen LogP contribution in [0.2, 0.25) is 0 Å². The fourth-order valence-electron chi connectivity index (χ4n) is 1.35. The van der Waals surface area contributed by atoms with Crippen molar-refractivity contribution in [3.63, 3.8) is 0 Å². The van der Waals surface area contributed by atoms with Crippen LogP contribution >= 0.6 is 0 Å². The Morgan fingerprint density at radius 3 is 2.57 bits per heavy atom. The van der Waals surface area contributed by atoms with E-state index in [0.29, 0.717) is 5.56 Å². The summed E-state index contributed by atoms with van der Waals surface area (Å²) in [6.45, 7) is 3.54. The fraction of sp³-hybridized carbons (Fsp3) is 0.364. The van der Waals surface area contributed by atoms with E-state index in [1.54, 1.807) is 19.1 Å². The predicted octanol–water partition coefficient (Wildman–Crippen LogP) is 1.25. The van der Waals surface area contributed by atoms with Crippen molar-refractivity contribution in [3.8, 4) is 6.07 Å². The molecular formula is C11H14N2O. The molecule has 3 heteroatoms. The van der Waals surface area contributed by atoms with Gasteiger partial charge in [-0.3, -0.25) is 0 Å². The first-order chi connectivity index (χ1) is 6.54. The number of hydrogen-bond acceptors (Lipinski definition) is 3.